The van der Waals surface area contributed by atoms with Crippen molar-refractivity contribution in [3.63, 3.8) is 0 Å². The van der Waals surface area contributed by atoms with Gasteiger partial charge in [-0.25, -0.2) is 4.79 Å². The summed E-state index contributed by atoms with van der Waals surface area (Å²) in [5.74, 6) is 0.233. The van der Waals surface area contributed by atoms with Gasteiger partial charge in [0.15, 0.2) is 17.6 Å². The molecule has 0 radical (unpaired) electrons. The fourth-order valence-electron chi connectivity index (χ4n) is 4.36. The maximum atomic E-state index is 13.5. The van der Waals surface area contributed by atoms with Crippen LogP contribution in [0.3, 0.4) is 0 Å². The molecule has 0 spiro atoms. The lowest BCUT2D eigenvalue weighted by Gasteiger charge is -2.20. The zero-order chi connectivity index (χ0) is 25.2. The number of amides is 1. The average Bonchev–Trinajstić information content (AvgIpc) is 3.30. The molecule has 7 nitrogen and oxygen atoms in total. The maximum Gasteiger partial charge on any atom is 0.344 e. The Hall–Kier alpha value is -4.52. The lowest BCUT2D eigenvalue weighted by Crippen LogP contribution is -2.35. The van der Waals surface area contributed by atoms with Crippen LogP contribution in [0.1, 0.15) is 24.0 Å². The first-order valence-electron chi connectivity index (χ1n) is 11.5. The topological polar surface area (TPSA) is 87.0 Å². The predicted molar refractivity (Wildman–Crippen MR) is 137 cm³/mol. The van der Waals surface area contributed by atoms with E-state index in [0.717, 1.165) is 5.57 Å². The van der Waals surface area contributed by atoms with Gasteiger partial charge in [0.05, 0.1) is 24.0 Å². The Kier molecular flexibility index (Phi) is 6.21. The van der Waals surface area contributed by atoms with Gasteiger partial charge in [-0.3, -0.25) is 4.79 Å². The van der Waals surface area contributed by atoms with E-state index < -0.39 is 17.6 Å². The predicted octanol–water partition coefficient (Wildman–Crippen LogP) is 5.29. The van der Waals surface area contributed by atoms with E-state index in [9.17, 15) is 9.59 Å². The van der Waals surface area contributed by atoms with Gasteiger partial charge >= 0.3 is 5.63 Å². The molecule has 0 saturated carbocycles. The molecule has 36 heavy (non-hydrogen) atoms. The van der Waals surface area contributed by atoms with E-state index in [0.29, 0.717) is 51.6 Å². The molecule has 7 heteroatoms. The van der Waals surface area contributed by atoms with E-state index in [1.807, 2.05) is 31.2 Å². The minimum Gasteiger partial charge on any atom is -0.493 e. The standard InChI is InChI=1S/C29H25NO6/c1-17(2)16-34-22-14-13-18(15-23(22)33-3)24-25-26(20-11-7-8-12-21(20)35-29(25)32)36-27(24)28(31)30-19-9-5-4-6-10-19/h4-15,24,27H,1,16H2,2-3H3,(H,30,31). The van der Waals surface area contributed by atoms with Crippen molar-refractivity contribution in [2.75, 3.05) is 19.0 Å². The monoisotopic (exact) mass is 483 g/mol. The Morgan fingerprint density at radius 1 is 1.03 bits per heavy atom. The van der Waals surface area contributed by atoms with Gasteiger partial charge in [-0.05, 0) is 54.5 Å². The third-order valence-electron chi connectivity index (χ3n) is 5.98. The van der Waals surface area contributed by atoms with Crippen LogP contribution in [0.5, 0.6) is 17.2 Å². The number of nitrogens with one attached hydrogen (secondary N) is 1. The van der Waals surface area contributed by atoms with E-state index in [1.165, 1.54) is 7.11 Å². The number of anilines is 1. The Morgan fingerprint density at radius 3 is 2.53 bits per heavy atom. The van der Waals surface area contributed by atoms with Crippen LogP contribution >= 0.6 is 0 Å². The van der Waals surface area contributed by atoms with E-state index >= 15 is 0 Å². The van der Waals surface area contributed by atoms with Gasteiger partial charge in [0.25, 0.3) is 5.91 Å². The number of carbonyl (C=O) groups is 1. The van der Waals surface area contributed by atoms with Crippen molar-refractivity contribution in [1.29, 1.82) is 0 Å². The smallest absolute Gasteiger partial charge is 0.344 e. The highest BCUT2D eigenvalue weighted by atomic mass is 16.5. The summed E-state index contributed by atoms with van der Waals surface area (Å²) in [6.45, 7) is 6.06. The van der Waals surface area contributed by atoms with Crippen LogP contribution in [0.15, 0.2) is 94.2 Å². The molecule has 2 unspecified atom stereocenters. The molecule has 182 valence electrons. The van der Waals surface area contributed by atoms with Crippen LogP contribution in [0.4, 0.5) is 5.69 Å². The number of carbonyl (C=O) groups excluding carboxylic acids is 1. The molecule has 1 aliphatic rings. The molecular formula is C29H25NO6. The van der Waals surface area contributed by atoms with Gasteiger partial charge in [-0.15, -0.1) is 0 Å². The highest BCUT2D eigenvalue weighted by Gasteiger charge is 2.44. The van der Waals surface area contributed by atoms with Crippen LogP contribution < -0.4 is 25.2 Å². The Balaban J connectivity index is 1.62. The van der Waals surface area contributed by atoms with Gasteiger partial charge in [-0.1, -0.05) is 43.0 Å². The molecule has 4 aromatic rings. The molecule has 2 atom stereocenters. The van der Waals surface area contributed by atoms with Crippen LogP contribution in [0.25, 0.3) is 11.0 Å². The first-order valence-corrected chi connectivity index (χ1v) is 11.5. The zero-order valence-corrected chi connectivity index (χ0v) is 19.9. The van der Waals surface area contributed by atoms with E-state index in [4.69, 9.17) is 18.6 Å². The number of benzene rings is 3. The molecule has 1 N–H and O–H groups in total. The van der Waals surface area contributed by atoms with E-state index in [1.54, 1.807) is 48.5 Å². The maximum absolute atomic E-state index is 13.5. The van der Waals surface area contributed by atoms with Crippen molar-refractivity contribution in [3.05, 3.63) is 106 Å². The molecule has 3 aromatic carbocycles. The van der Waals surface area contributed by atoms with Crippen LogP contribution in [0.2, 0.25) is 0 Å². The minimum absolute atomic E-state index is 0.291. The third-order valence-corrected chi connectivity index (χ3v) is 5.98. The summed E-state index contributed by atoms with van der Waals surface area (Å²) in [5, 5.41) is 3.52. The van der Waals surface area contributed by atoms with Crippen LogP contribution in [-0.4, -0.2) is 25.7 Å². The second-order valence-electron chi connectivity index (χ2n) is 8.66. The molecule has 1 aliphatic heterocycles. The summed E-state index contributed by atoms with van der Waals surface area (Å²) in [6.07, 6.45) is -1.01. The lowest BCUT2D eigenvalue weighted by molar-refractivity contribution is -0.122. The highest BCUT2D eigenvalue weighted by Crippen LogP contribution is 2.46. The van der Waals surface area contributed by atoms with Crippen molar-refractivity contribution in [2.24, 2.45) is 0 Å². The second kappa shape index (κ2) is 9.62. The highest BCUT2D eigenvalue weighted by molar-refractivity contribution is 5.97. The molecular weight excluding hydrogens is 458 g/mol. The Morgan fingerprint density at radius 2 is 1.78 bits per heavy atom. The van der Waals surface area contributed by atoms with E-state index in [2.05, 4.69) is 11.9 Å². The molecule has 0 bridgehead atoms. The summed E-state index contributed by atoms with van der Waals surface area (Å²) < 4.78 is 23.2. The second-order valence-corrected chi connectivity index (χ2v) is 8.66. The lowest BCUT2D eigenvalue weighted by atomic mass is 9.88. The number of hydrogen-bond donors (Lipinski definition) is 1. The molecule has 5 rings (SSSR count). The van der Waals surface area contributed by atoms with Crippen molar-refractivity contribution in [1.82, 2.24) is 0 Å². The van der Waals surface area contributed by atoms with Gasteiger partial charge in [0.2, 0.25) is 0 Å². The van der Waals surface area contributed by atoms with Crippen molar-refractivity contribution in [2.45, 2.75) is 18.9 Å². The molecule has 1 aromatic heterocycles. The quantitative estimate of drug-likeness (QED) is 0.284. The van der Waals surface area contributed by atoms with Gasteiger partial charge < -0.3 is 23.9 Å². The molecule has 1 amide bonds. The number of methoxy groups -OCH3 is 1. The first-order chi connectivity index (χ1) is 17.5. The number of fused-ring (bicyclic) bond motifs is 3. The van der Waals surface area contributed by atoms with Crippen LogP contribution in [0, 0.1) is 0 Å². The molecule has 0 saturated heterocycles. The number of para-hydroxylation sites is 2. The zero-order valence-electron chi connectivity index (χ0n) is 19.9. The van der Waals surface area contributed by atoms with E-state index in [-0.39, 0.29) is 5.91 Å². The van der Waals surface area contributed by atoms with Gasteiger partial charge in [-0.2, -0.15) is 0 Å². The van der Waals surface area contributed by atoms with Crippen molar-refractivity contribution in [3.8, 4) is 17.2 Å². The minimum atomic E-state index is -1.01. The number of hydrogen-bond acceptors (Lipinski definition) is 6. The van der Waals surface area contributed by atoms with Crippen LogP contribution in [-0.2, 0) is 4.79 Å². The molecule has 2 heterocycles. The van der Waals surface area contributed by atoms with Crippen molar-refractivity contribution >= 4 is 22.6 Å². The summed E-state index contributed by atoms with van der Waals surface area (Å²) >= 11 is 0. The largest absolute Gasteiger partial charge is 0.493 e. The summed E-state index contributed by atoms with van der Waals surface area (Å²) in [6, 6.07) is 21.5. The SMILES string of the molecule is C=C(C)COc1ccc(C2c3c(c4ccccc4oc3=O)OC2C(=O)Nc2ccccc2)cc1OC. The van der Waals surface area contributed by atoms with Gasteiger partial charge in [0.1, 0.15) is 17.9 Å². The van der Waals surface area contributed by atoms with Gasteiger partial charge in [0, 0.05) is 5.69 Å². The van der Waals surface area contributed by atoms with Crippen molar-refractivity contribution < 1.29 is 23.4 Å². The number of rotatable bonds is 7. The average molecular weight is 484 g/mol. The Bertz CT molecular complexity index is 1510. The Labute approximate surface area is 207 Å². The number of ether oxygens (including phenoxy) is 3. The fourth-order valence-corrected chi connectivity index (χ4v) is 4.36. The molecule has 0 fully saturated rings. The fraction of sp³-hybridized carbons (Fsp3) is 0.172. The summed E-state index contributed by atoms with van der Waals surface area (Å²) in [4.78, 5) is 26.7. The first kappa shape index (κ1) is 23.2. The molecule has 0 aliphatic carbocycles. The third kappa shape index (κ3) is 4.31. The summed E-state index contributed by atoms with van der Waals surface area (Å²) in [7, 11) is 1.54. The normalized spacial score (nSPS) is 16.2. The summed E-state index contributed by atoms with van der Waals surface area (Å²) in [5.41, 5.74) is 2.28.